The number of ether oxygens (including phenoxy) is 1. The second kappa shape index (κ2) is 11.3. The highest BCUT2D eigenvalue weighted by Gasteiger charge is 2.38. The summed E-state index contributed by atoms with van der Waals surface area (Å²) in [6.45, 7) is 2.99. The van der Waals surface area contributed by atoms with Gasteiger partial charge < -0.3 is 20.3 Å². The molecule has 0 aliphatic carbocycles. The van der Waals surface area contributed by atoms with Crippen molar-refractivity contribution in [3.63, 3.8) is 0 Å². The number of carbonyl (C=O) groups is 2. The van der Waals surface area contributed by atoms with E-state index < -0.39 is 41.0 Å². The van der Waals surface area contributed by atoms with E-state index in [1.165, 1.54) is 25.3 Å². The summed E-state index contributed by atoms with van der Waals surface area (Å²) >= 11 is 0. The minimum Gasteiger partial charge on any atom is -0.381 e. The van der Waals surface area contributed by atoms with Crippen LogP contribution in [0.15, 0.2) is 36.5 Å². The van der Waals surface area contributed by atoms with Gasteiger partial charge in [-0.3, -0.25) is 9.59 Å². The van der Waals surface area contributed by atoms with Crippen molar-refractivity contribution < 1.29 is 40.7 Å². The van der Waals surface area contributed by atoms with Crippen molar-refractivity contribution in [3.05, 3.63) is 70.0 Å². The third-order valence-corrected chi connectivity index (χ3v) is 6.70. The maximum absolute atomic E-state index is 13.4. The Labute approximate surface area is 234 Å². The van der Waals surface area contributed by atoms with Gasteiger partial charge in [0, 0.05) is 31.9 Å². The second-order valence-electron chi connectivity index (χ2n) is 9.37. The molecule has 1 aliphatic heterocycles. The molecule has 16 heteroatoms. The molecule has 2 N–H and O–H groups in total. The zero-order valence-corrected chi connectivity index (χ0v) is 22.1. The molecule has 42 heavy (non-hydrogen) atoms. The number of pyridine rings is 1. The van der Waals surface area contributed by atoms with Crippen LogP contribution in [0.2, 0.25) is 0 Å². The van der Waals surface area contributed by atoms with Crippen LogP contribution in [0, 0.1) is 11.3 Å². The largest absolute Gasteiger partial charge is 0.416 e. The number of hydrogen-bond acceptors (Lipinski definition) is 7. The summed E-state index contributed by atoms with van der Waals surface area (Å²) in [6, 6.07) is 4.16. The highest BCUT2D eigenvalue weighted by molar-refractivity contribution is 5.95. The summed E-state index contributed by atoms with van der Waals surface area (Å²) in [4.78, 5) is 32.7. The summed E-state index contributed by atoms with van der Waals surface area (Å²) < 4.78 is 86.5. The molecule has 222 valence electrons. The molecule has 1 fully saturated rings. The highest BCUT2D eigenvalue weighted by atomic mass is 19.4. The number of anilines is 1. The lowest BCUT2D eigenvalue weighted by atomic mass is 10.0. The van der Waals surface area contributed by atoms with E-state index in [2.05, 4.69) is 10.1 Å². The van der Waals surface area contributed by atoms with Crippen molar-refractivity contribution in [3.8, 4) is 11.9 Å². The number of nitrogen functional groups attached to an aromatic ring is 1. The smallest absolute Gasteiger partial charge is 0.381 e. The van der Waals surface area contributed by atoms with Crippen molar-refractivity contribution in [2.24, 2.45) is 0 Å². The number of morpholine rings is 1. The van der Waals surface area contributed by atoms with Gasteiger partial charge in [0.15, 0.2) is 11.6 Å². The Bertz CT molecular complexity index is 1510. The van der Waals surface area contributed by atoms with Gasteiger partial charge in [0.1, 0.15) is 11.6 Å². The maximum atomic E-state index is 13.4. The zero-order chi connectivity index (χ0) is 31.0. The third-order valence-electron chi connectivity index (χ3n) is 6.70. The predicted molar refractivity (Wildman–Crippen MR) is 134 cm³/mol. The highest BCUT2D eigenvalue weighted by Crippen LogP contribution is 2.37. The lowest BCUT2D eigenvalue weighted by molar-refractivity contribution is -0.143. The molecule has 0 spiro atoms. The normalized spacial score (nSPS) is 14.8. The zero-order valence-electron chi connectivity index (χ0n) is 22.1. The molecule has 1 aromatic carbocycles. The molecule has 1 atom stereocenters. The number of nitrogens with zero attached hydrogens (tertiary/aromatic N) is 6. The summed E-state index contributed by atoms with van der Waals surface area (Å²) in [6.07, 6.45) is -9.02. The van der Waals surface area contributed by atoms with Gasteiger partial charge in [-0.05, 0) is 37.3 Å². The summed E-state index contributed by atoms with van der Waals surface area (Å²) in [5.74, 6) is -1.64. The van der Waals surface area contributed by atoms with Crippen LogP contribution in [-0.2, 0) is 17.1 Å². The van der Waals surface area contributed by atoms with Crippen LogP contribution in [0.4, 0.5) is 32.2 Å². The topological polar surface area (TPSA) is 130 Å². The lowest BCUT2D eigenvalue weighted by Crippen LogP contribution is -2.40. The van der Waals surface area contributed by atoms with E-state index in [1.807, 2.05) is 6.07 Å². The molecule has 4 rings (SSSR count). The predicted octanol–water partition coefficient (Wildman–Crippen LogP) is 4.06. The van der Waals surface area contributed by atoms with E-state index in [4.69, 9.17) is 10.5 Å². The van der Waals surface area contributed by atoms with Gasteiger partial charge in [-0.15, -0.1) is 5.10 Å². The summed E-state index contributed by atoms with van der Waals surface area (Å²) in [5, 5.41) is 13.8. The summed E-state index contributed by atoms with van der Waals surface area (Å²) in [5.41, 5.74) is 1.82. The Balaban J connectivity index is 1.69. The number of alkyl halides is 6. The molecule has 2 amide bonds. The minimum atomic E-state index is -5.15. The first-order valence-electron chi connectivity index (χ1n) is 12.3. The van der Waals surface area contributed by atoms with E-state index in [1.54, 1.807) is 4.90 Å². The number of benzene rings is 1. The molecule has 10 nitrogen and oxygen atoms in total. The van der Waals surface area contributed by atoms with Crippen molar-refractivity contribution >= 4 is 17.6 Å². The van der Waals surface area contributed by atoms with Crippen molar-refractivity contribution in [2.75, 3.05) is 39.1 Å². The standard InChI is InChI=1S/C26H23F6N7O3/c1-14(37(2)23(40)16-9-17(25(27,28)29)11-18(10-16)26(30,31)32)21-19(12-33)22(34)36-39(21)20-4-3-15(13-35-20)24(41)38-5-7-42-8-6-38/h3-4,9-11,13-14H,5-8H2,1-2H3,(H2,34,36). The number of nitrogens with two attached hydrogens (primary N) is 1. The van der Waals surface area contributed by atoms with Gasteiger partial charge in [0.05, 0.1) is 41.6 Å². The molecule has 1 aliphatic rings. The van der Waals surface area contributed by atoms with Gasteiger partial charge in [0.2, 0.25) is 0 Å². The number of rotatable bonds is 5. The van der Waals surface area contributed by atoms with Crippen molar-refractivity contribution in [2.45, 2.75) is 25.3 Å². The first-order valence-corrected chi connectivity index (χ1v) is 12.3. The van der Waals surface area contributed by atoms with Gasteiger partial charge in [-0.2, -0.15) is 31.6 Å². The fourth-order valence-corrected chi connectivity index (χ4v) is 4.35. The van der Waals surface area contributed by atoms with Crippen LogP contribution in [0.25, 0.3) is 5.82 Å². The molecule has 3 heterocycles. The second-order valence-corrected chi connectivity index (χ2v) is 9.37. The Hall–Kier alpha value is -4.65. The monoisotopic (exact) mass is 595 g/mol. The average Bonchev–Trinajstić information content (AvgIpc) is 3.30. The Morgan fingerprint density at radius 2 is 1.64 bits per heavy atom. The van der Waals surface area contributed by atoms with Crippen LogP contribution in [-0.4, -0.2) is 69.7 Å². The molecule has 1 unspecified atom stereocenters. The maximum Gasteiger partial charge on any atom is 0.416 e. The van der Waals surface area contributed by atoms with Gasteiger partial charge in [-0.25, -0.2) is 9.67 Å². The van der Waals surface area contributed by atoms with Gasteiger partial charge in [-0.1, -0.05) is 0 Å². The molecule has 3 aromatic rings. The molecule has 2 aromatic heterocycles. The first-order chi connectivity index (χ1) is 19.6. The van der Waals surface area contributed by atoms with Gasteiger partial charge in [0.25, 0.3) is 11.8 Å². The number of halogens is 6. The number of nitriles is 1. The molecular formula is C26H23F6N7O3. The SMILES string of the molecule is CC(c1c(C#N)c(N)nn1-c1ccc(C(=O)N2CCOCC2)cn1)N(C)C(=O)c1cc(C(F)(F)F)cc(C(F)(F)F)c1. The average molecular weight is 596 g/mol. The van der Waals surface area contributed by atoms with E-state index in [-0.39, 0.29) is 40.4 Å². The van der Waals surface area contributed by atoms with E-state index in [0.29, 0.717) is 38.4 Å². The van der Waals surface area contributed by atoms with Crippen molar-refractivity contribution in [1.29, 1.82) is 5.26 Å². The molecule has 1 saturated heterocycles. The van der Waals surface area contributed by atoms with E-state index in [0.717, 1.165) is 16.6 Å². The third kappa shape index (κ3) is 6.00. The Morgan fingerprint density at radius 3 is 2.14 bits per heavy atom. The van der Waals surface area contributed by atoms with Gasteiger partial charge >= 0.3 is 12.4 Å². The number of aromatic nitrogens is 3. The van der Waals surface area contributed by atoms with Crippen LogP contribution >= 0.6 is 0 Å². The number of hydrogen-bond donors (Lipinski definition) is 1. The minimum absolute atomic E-state index is 0.00590. The van der Waals surface area contributed by atoms with Crippen LogP contribution in [0.3, 0.4) is 0 Å². The number of amides is 2. The van der Waals surface area contributed by atoms with Crippen LogP contribution < -0.4 is 5.73 Å². The van der Waals surface area contributed by atoms with Crippen LogP contribution in [0.5, 0.6) is 0 Å². The Morgan fingerprint density at radius 1 is 1.05 bits per heavy atom. The molecule has 0 radical (unpaired) electrons. The molecule has 0 saturated carbocycles. The quantitative estimate of drug-likeness (QED) is 0.440. The fraction of sp³-hybridized carbons (Fsp3) is 0.346. The van der Waals surface area contributed by atoms with E-state index >= 15 is 0 Å². The molecule has 0 bridgehead atoms. The van der Waals surface area contributed by atoms with E-state index in [9.17, 15) is 41.2 Å². The molecular weight excluding hydrogens is 572 g/mol. The first kappa shape index (κ1) is 30.3. The van der Waals surface area contributed by atoms with Crippen molar-refractivity contribution in [1.82, 2.24) is 24.6 Å². The fourth-order valence-electron chi connectivity index (χ4n) is 4.35. The summed E-state index contributed by atoms with van der Waals surface area (Å²) in [7, 11) is 1.15. The van der Waals surface area contributed by atoms with Crippen LogP contribution in [0.1, 0.15) is 56.1 Å². The number of carbonyl (C=O) groups excluding carboxylic acids is 2. The lowest BCUT2D eigenvalue weighted by Gasteiger charge is -2.27. The Kier molecular flexibility index (Phi) is 8.17.